The van der Waals surface area contributed by atoms with Gasteiger partial charge in [-0.25, -0.2) is 0 Å². The van der Waals surface area contributed by atoms with E-state index in [1.165, 1.54) is 0 Å². The van der Waals surface area contributed by atoms with Crippen LogP contribution in [0.15, 0.2) is 12.1 Å². The molecule has 0 unspecified atom stereocenters. The van der Waals surface area contributed by atoms with Gasteiger partial charge in [-0.15, -0.1) is 0 Å². The Morgan fingerprint density at radius 3 is 2.36 bits per heavy atom. The topological polar surface area (TPSA) is 24.1 Å². The molecule has 0 bridgehead atoms. The molecule has 1 aromatic carbocycles. The van der Waals surface area contributed by atoms with Crippen LogP contribution in [0.2, 0.25) is 10.0 Å². The van der Waals surface area contributed by atoms with Crippen LogP contribution in [0.3, 0.4) is 0 Å². The van der Waals surface area contributed by atoms with E-state index in [1.54, 1.807) is 0 Å². The molecule has 2 nitrogen and oxygen atoms in total. The third-order valence-corrected chi connectivity index (χ3v) is 2.98. The molecule has 0 saturated carbocycles. The Hall–Kier alpha value is -0.600. The second kappa shape index (κ2) is 3.21. The number of benzene rings is 1. The first-order chi connectivity index (χ1) is 6.48. The molecule has 0 radical (unpaired) electrons. The Labute approximate surface area is 93.6 Å². The minimum absolute atomic E-state index is 0.0458. The zero-order valence-corrected chi connectivity index (χ0v) is 9.63. The molecule has 1 heterocycles. The molecular formula is C10H12Cl2N2. The first-order valence-electron chi connectivity index (χ1n) is 4.49. The molecule has 0 atom stereocenters. The van der Waals surface area contributed by atoms with E-state index in [1.807, 2.05) is 12.1 Å². The molecule has 0 amide bonds. The van der Waals surface area contributed by atoms with Crippen molar-refractivity contribution in [2.24, 2.45) is 0 Å². The van der Waals surface area contributed by atoms with E-state index in [4.69, 9.17) is 23.2 Å². The van der Waals surface area contributed by atoms with Crippen LogP contribution in [-0.2, 0) is 0 Å². The maximum atomic E-state index is 5.94. The Kier molecular flexibility index (Phi) is 2.28. The quantitative estimate of drug-likeness (QED) is 0.712. The summed E-state index contributed by atoms with van der Waals surface area (Å²) in [5.41, 5.74) is 2.07. The Balaban J connectivity index is 2.43. The van der Waals surface area contributed by atoms with E-state index >= 15 is 0 Å². The highest BCUT2D eigenvalue weighted by molar-refractivity contribution is 6.42. The van der Waals surface area contributed by atoms with E-state index in [0.29, 0.717) is 10.0 Å². The standard InChI is InChI=1S/C10H12Cl2N2/c1-10(2)5-13-8-3-6(11)7(12)4-9(8)14-10/h3-4,13-14H,5H2,1-2H3. The number of rotatable bonds is 0. The lowest BCUT2D eigenvalue weighted by Crippen LogP contribution is -2.42. The van der Waals surface area contributed by atoms with Crippen molar-refractivity contribution >= 4 is 34.6 Å². The van der Waals surface area contributed by atoms with Gasteiger partial charge in [-0.1, -0.05) is 23.2 Å². The van der Waals surface area contributed by atoms with Gasteiger partial charge in [0.25, 0.3) is 0 Å². The predicted octanol–water partition coefficient (Wildman–Crippen LogP) is 3.61. The Morgan fingerprint density at radius 2 is 1.71 bits per heavy atom. The molecule has 0 saturated heterocycles. The summed E-state index contributed by atoms with van der Waals surface area (Å²) in [6.07, 6.45) is 0. The average Bonchev–Trinajstić information content (AvgIpc) is 2.07. The summed E-state index contributed by atoms with van der Waals surface area (Å²) >= 11 is 11.9. The lowest BCUT2D eigenvalue weighted by molar-refractivity contribution is 0.589. The highest BCUT2D eigenvalue weighted by Gasteiger charge is 2.24. The SMILES string of the molecule is CC1(C)CNc2cc(Cl)c(Cl)cc2N1. The molecule has 0 aliphatic carbocycles. The zero-order chi connectivity index (χ0) is 10.3. The van der Waals surface area contributed by atoms with Gasteiger partial charge in [-0.05, 0) is 26.0 Å². The summed E-state index contributed by atoms with van der Waals surface area (Å²) in [6.45, 7) is 5.13. The molecule has 0 fully saturated rings. The summed E-state index contributed by atoms with van der Waals surface area (Å²) in [7, 11) is 0. The third kappa shape index (κ3) is 1.77. The van der Waals surface area contributed by atoms with Crippen LogP contribution < -0.4 is 10.6 Å². The van der Waals surface area contributed by atoms with Gasteiger partial charge in [0.1, 0.15) is 0 Å². The largest absolute Gasteiger partial charge is 0.381 e. The van der Waals surface area contributed by atoms with Crippen molar-refractivity contribution in [1.82, 2.24) is 0 Å². The Bertz CT molecular complexity index is 375. The normalized spacial score (nSPS) is 18.0. The minimum Gasteiger partial charge on any atom is -0.381 e. The van der Waals surface area contributed by atoms with Crippen molar-refractivity contribution < 1.29 is 0 Å². The van der Waals surface area contributed by atoms with E-state index < -0.39 is 0 Å². The van der Waals surface area contributed by atoms with Gasteiger partial charge in [0.2, 0.25) is 0 Å². The van der Waals surface area contributed by atoms with E-state index in [-0.39, 0.29) is 5.54 Å². The van der Waals surface area contributed by atoms with Crippen molar-refractivity contribution in [2.75, 3.05) is 17.2 Å². The fraction of sp³-hybridized carbons (Fsp3) is 0.400. The summed E-state index contributed by atoms with van der Waals surface area (Å²) < 4.78 is 0. The lowest BCUT2D eigenvalue weighted by atomic mass is 10.0. The fourth-order valence-electron chi connectivity index (χ4n) is 1.52. The molecule has 2 N–H and O–H groups in total. The maximum absolute atomic E-state index is 5.94. The zero-order valence-electron chi connectivity index (χ0n) is 8.12. The van der Waals surface area contributed by atoms with E-state index in [0.717, 1.165) is 17.9 Å². The summed E-state index contributed by atoms with van der Waals surface area (Å²) in [5, 5.41) is 7.88. The van der Waals surface area contributed by atoms with Gasteiger partial charge in [-0.3, -0.25) is 0 Å². The number of hydrogen-bond acceptors (Lipinski definition) is 2. The second-order valence-corrected chi connectivity index (χ2v) is 4.99. The first kappa shape index (κ1) is 9.94. The smallest absolute Gasteiger partial charge is 0.0614 e. The molecule has 0 aromatic heterocycles. The first-order valence-corrected chi connectivity index (χ1v) is 5.25. The predicted molar refractivity (Wildman–Crippen MR) is 62.7 cm³/mol. The van der Waals surface area contributed by atoms with Crippen LogP contribution in [0.4, 0.5) is 11.4 Å². The van der Waals surface area contributed by atoms with Gasteiger partial charge >= 0.3 is 0 Å². The van der Waals surface area contributed by atoms with Crippen LogP contribution in [0.25, 0.3) is 0 Å². The van der Waals surface area contributed by atoms with Crippen LogP contribution in [0.1, 0.15) is 13.8 Å². The van der Waals surface area contributed by atoms with Crippen molar-refractivity contribution in [3.8, 4) is 0 Å². The van der Waals surface area contributed by atoms with Crippen molar-refractivity contribution in [3.05, 3.63) is 22.2 Å². The molecule has 14 heavy (non-hydrogen) atoms. The monoisotopic (exact) mass is 230 g/mol. The number of anilines is 2. The molecule has 1 aromatic rings. The van der Waals surface area contributed by atoms with Crippen molar-refractivity contribution in [1.29, 1.82) is 0 Å². The molecule has 0 spiro atoms. The fourth-order valence-corrected chi connectivity index (χ4v) is 1.85. The molecular weight excluding hydrogens is 219 g/mol. The summed E-state index contributed by atoms with van der Waals surface area (Å²) in [6, 6.07) is 3.70. The maximum Gasteiger partial charge on any atom is 0.0614 e. The number of fused-ring (bicyclic) bond motifs is 1. The van der Waals surface area contributed by atoms with Gasteiger partial charge in [0.15, 0.2) is 0 Å². The molecule has 1 aliphatic rings. The number of halogens is 2. The van der Waals surface area contributed by atoms with Crippen LogP contribution in [-0.4, -0.2) is 12.1 Å². The summed E-state index contributed by atoms with van der Waals surface area (Å²) in [5.74, 6) is 0. The molecule has 76 valence electrons. The van der Waals surface area contributed by atoms with E-state index in [2.05, 4.69) is 24.5 Å². The lowest BCUT2D eigenvalue weighted by Gasteiger charge is -2.34. The molecule has 1 aliphatic heterocycles. The number of nitrogens with one attached hydrogen (secondary N) is 2. The van der Waals surface area contributed by atoms with Gasteiger partial charge in [0.05, 0.1) is 21.4 Å². The highest BCUT2D eigenvalue weighted by Crippen LogP contribution is 2.36. The van der Waals surface area contributed by atoms with Crippen LogP contribution in [0, 0.1) is 0 Å². The second-order valence-electron chi connectivity index (χ2n) is 4.17. The van der Waals surface area contributed by atoms with E-state index in [9.17, 15) is 0 Å². The minimum atomic E-state index is 0.0458. The number of hydrogen-bond donors (Lipinski definition) is 2. The van der Waals surface area contributed by atoms with Gasteiger partial charge in [-0.2, -0.15) is 0 Å². The van der Waals surface area contributed by atoms with Crippen molar-refractivity contribution in [2.45, 2.75) is 19.4 Å². The highest BCUT2D eigenvalue weighted by atomic mass is 35.5. The average molecular weight is 231 g/mol. The van der Waals surface area contributed by atoms with Crippen LogP contribution >= 0.6 is 23.2 Å². The van der Waals surface area contributed by atoms with Crippen molar-refractivity contribution in [3.63, 3.8) is 0 Å². The van der Waals surface area contributed by atoms with Gasteiger partial charge in [0, 0.05) is 12.1 Å². The summed E-state index contributed by atoms with van der Waals surface area (Å²) in [4.78, 5) is 0. The van der Waals surface area contributed by atoms with Gasteiger partial charge < -0.3 is 10.6 Å². The molecule has 2 rings (SSSR count). The third-order valence-electron chi connectivity index (χ3n) is 2.25. The molecule has 4 heteroatoms. The Morgan fingerprint density at radius 1 is 1.14 bits per heavy atom. The van der Waals surface area contributed by atoms with Crippen LogP contribution in [0.5, 0.6) is 0 Å².